The molecular formula is C9H14O2. The number of aliphatic hydroxyl groups excluding tert-OH is 1. The molecule has 2 heteroatoms. The average Bonchev–Trinajstić information content (AvgIpc) is 1.81. The summed E-state index contributed by atoms with van der Waals surface area (Å²) in [4.78, 5) is 11.1. The lowest BCUT2D eigenvalue weighted by Crippen LogP contribution is -2.27. The molecule has 0 spiro atoms. The van der Waals surface area contributed by atoms with E-state index in [9.17, 15) is 9.90 Å². The van der Waals surface area contributed by atoms with Gasteiger partial charge in [0.1, 0.15) is 0 Å². The monoisotopic (exact) mass is 154 g/mol. The SMILES string of the molecule is CC1CC(C)(C)C=C(O)C1=O. The van der Waals surface area contributed by atoms with Crippen molar-refractivity contribution in [1.29, 1.82) is 0 Å². The van der Waals surface area contributed by atoms with Crippen LogP contribution in [0.15, 0.2) is 11.8 Å². The lowest BCUT2D eigenvalue weighted by Gasteiger charge is -2.28. The summed E-state index contributed by atoms with van der Waals surface area (Å²) in [6, 6.07) is 0. The molecule has 1 N–H and O–H groups in total. The molecule has 0 bridgehead atoms. The predicted molar refractivity (Wildman–Crippen MR) is 43.3 cm³/mol. The van der Waals surface area contributed by atoms with Crippen LogP contribution in [0.2, 0.25) is 0 Å². The molecule has 1 atom stereocenters. The highest BCUT2D eigenvalue weighted by molar-refractivity contribution is 5.95. The van der Waals surface area contributed by atoms with Gasteiger partial charge in [-0.2, -0.15) is 0 Å². The largest absolute Gasteiger partial charge is 0.505 e. The van der Waals surface area contributed by atoms with Gasteiger partial charge in [0.25, 0.3) is 0 Å². The molecular weight excluding hydrogens is 140 g/mol. The molecule has 0 aromatic carbocycles. The molecule has 0 amide bonds. The fraction of sp³-hybridized carbons (Fsp3) is 0.667. The van der Waals surface area contributed by atoms with Crippen molar-refractivity contribution in [2.24, 2.45) is 11.3 Å². The van der Waals surface area contributed by atoms with E-state index in [1.807, 2.05) is 20.8 Å². The van der Waals surface area contributed by atoms with Crippen LogP contribution in [-0.4, -0.2) is 10.9 Å². The number of Topliss-reactive ketones (excluding diaryl/α,β-unsaturated/α-hetero) is 1. The van der Waals surface area contributed by atoms with E-state index >= 15 is 0 Å². The summed E-state index contributed by atoms with van der Waals surface area (Å²) in [5, 5.41) is 9.20. The van der Waals surface area contributed by atoms with Crippen LogP contribution in [0.4, 0.5) is 0 Å². The molecule has 2 nitrogen and oxygen atoms in total. The van der Waals surface area contributed by atoms with Gasteiger partial charge in [0.2, 0.25) is 0 Å². The van der Waals surface area contributed by atoms with Crippen LogP contribution in [-0.2, 0) is 4.79 Å². The smallest absolute Gasteiger partial charge is 0.199 e. The van der Waals surface area contributed by atoms with Crippen LogP contribution in [0.25, 0.3) is 0 Å². The third-order valence-corrected chi connectivity index (χ3v) is 2.06. The highest BCUT2D eigenvalue weighted by Crippen LogP contribution is 2.33. The Kier molecular flexibility index (Phi) is 1.78. The van der Waals surface area contributed by atoms with Gasteiger partial charge in [-0.25, -0.2) is 0 Å². The Labute approximate surface area is 66.9 Å². The zero-order valence-electron chi connectivity index (χ0n) is 7.22. The average molecular weight is 154 g/mol. The number of carbonyl (C=O) groups excluding carboxylic acids is 1. The summed E-state index contributed by atoms with van der Waals surface area (Å²) < 4.78 is 0. The fourth-order valence-corrected chi connectivity index (χ4v) is 1.63. The minimum Gasteiger partial charge on any atom is -0.505 e. The molecule has 0 aromatic rings. The second-order valence-corrected chi connectivity index (χ2v) is 3.99. The van der Waals surface area contributed by atoms with Crippen LogP contribution in [0.5, 0.6) is 0 Å². The Hall–Kier alpha value is -0.790. The first-order valence-electron chi connectivity index (χ1n) is 3.88. The Morgan fingerprint density at radius 3 is 2.64 bits per heavy atom. The number of aliphatic hydroxyl groups is 1. The van der Waals surface area contributed by atoms with Crippen LogP contribution in [0, 0.1) is 11.3 Å². The highest BCUT2D eigenvalue weighted by Gasteiger charge is 2.31. The summed E-state index contributed by atoms with van der Waals surface area (Å²) in [7, 11) is 0. The number of carbonyl (C=O) groups is 1. The second-order valence-electron chi connectivity index (χ2n) is 3.99. The van der Waals surface area contributed by atoms with Gasteiger partial charge in [0.15, 0.2) is 11.5 Å². The first kappa shape index (κ1) is 8.31. The molecule has 0 radical (unpaired) electrons. The van der Waals surface area contributed by atoms with Crippen molar-refractivity contribution in [3.8, 4) is 0 Å². The standard InChI is InChI=1S/C9H14O2/c1-6-4-9(2,3)5-7(10)8(6)11/h5-6,10H,4H2,1-3H3. The molecule has 62 valence electrons. The van der Waals surface area contributed by atoms with Gasteiger partial charge < -0.3 is 5.11 Å². The Morgan fingerprint density at radius 1 is 1.64 bits per heavy atom. The van der Waals surface area contributed by atoms with Crippen molar-refractivity contribution < 1.29 is 9.90 Å². The molecule has 1 rings (SSSR count). The molecule has 0 fully saturated rings. The van der Waals surface area contributed by atoms with E-state index in [0.29, 0.717) is 0 Å². The molecule has 0 saturated carbocycles. The summed E-state index contributed by atoms with van der Waals surface area (Å²) in [6.07, 6.45) is 2.48. The Balaban J connectivity index is 2.94. The maximum absolute atomic E-state index is 11.1. The first-order chi connectivity index (χ1) is 4.92. The van der Waals surface area contributed by atoms with Gasteiger partial charge in [-0.05, 0) is 17.9 Å². The summed E-state index contributed by atoms with van der Waals surface area (Å²) in [6.45, 7) is 5.89. The van der Waals surface area contributed by atoms with E-state index in [1.165, 1.54) is 0 Å². The lowest BCUT2D eigenvalue weighted by atomic mass is 9.76. The van der Waals surface area contributed by atoms with E-state index in [0.717, 1.165) is 6.42 Å². The van der Waals surface area contributed by atoms with Crippen molar-refractivity contribution in [2.45, 2.75) is 27.2 Å². The fourth-order valence-electron chi connectivity index (χ4n) is 1.63. The van der Waals surface area contributed by atoms with E-state index in [2.05, 4.69) is 0 Å². The zero-order valence-corrected chi connectivity index (χ0v) is 7.22. The molecule has 11 heavy (non-hydrogen) atoms. The lowest BCUT2D eigenvalue weighted by molar-refractivity contribution is -0.122. The molecule has 1 aliphatic carbocycles. The number of ketones is 1. The van der Waals surface area contributed by atoms with Crippen molar-refractivity contribution in [3.05, 3.63) is 11.8 Å². The number of rotatable bonds is 0. The van der Waals surface area contributed by atoms with Gasteiger partial charge in [0.05, 0.1) is 0 Å². The molecule has 0 saturated heterocycles. The zero-order chi connectivity index (χ0) is 8.65. The Morgan fingerprint density at radius 2 is 2.18 bits per heavy atom. The second kappa shape index (κ2) is 2.36. The maximum Gasteiger partial charge on any atom is 0.199 e. The Bertz CT molecular complexity index is 214. The first-order valence-corrected chi connectivity index (χ1v) is 3.88. The summed E-state index contributed by atoms with van der Waals surface area (Å²) in [5.74, 6) is -0.215. The van der Waals surface area contributed by atoms with Crippen LogP contribution in [0.3, 0.4) is 0 Å². The quantitative estimate of drug-likeness (QED) is 0.580. The molecule has 1 aliphatic rings. The van der Waals surface area contributed by atoms with Crippen molar-refractivity contribution >= 4 is 5.78 Å². The van der Waals surface area contributed by atoms with Crippen molar-refractivity contribution in [2.75, 3.05) is 0 Å². The van der Waals surface area contributed by atoms with E-state index < -0.39 is 0 Å². The molecule has 0 heterocycles. The maximum atomic E-state index is 11.1. The molecule has 0 aliphatic heterocycles. The van der Waals surface area contributed by atoms with Gasteiger partial charge in [-0.1, -0.05) is 20.8 Å². The predicted octanol–water partition coefficient (Wildman–Crippen LogP) is 2.06. The van der Waals surface area contributed by atoms with Gasteiger partial charge in [-0.3, -0.25) is 4.79 Å². The van der Waals surface area contributed by atoms with Crippen molar-refractivity contribution in [1.82, 2.24) is 0 Å². The summed E-state index contributed by atoms with van der Waals surface area (Å²) in [5.41, 5.74) is -0.0303. The highest BCUT2D eigenvalue weighted by atomic mass is 16.3. The third-order valence-electron chi connectivity index (χ3n) is 2.06. The van der Waals surface area contributed by atoms with E-state index in [1.54, 1.807) is 6.08 Å². The minimum absolute atomic E-state index is 0.0303. The number of allylic oxidation sites excluding steroid dienone is 2. The van der Waals surface area contributed by atoms with Crippen molar-refractivity contribution in [3.63, 3.8) is 0 Å². The van der Waals surface area contributed by atoms with E-state index in [4.69, 9.17) is 0 Å². The van der Waals surface area contributed by atoms with Gasteiger partial charge in [0, 0.05) is 5.92 Å². The minimum atomic E-state index is -0.121. The van der Waals surface area contributed by atoms with Crippen LogP contribution in [0.1, 0.15) is 27.2 Å². The topological polar surface area (TPSA) is 37.3 Å². The molecule has 0 aromatic heterocycles. The normalized spacial score (nSPS) is 29.9. The number of hydrogen-bond acceptors (Lipinski definition) is 2. The molecule has 1 unspecified atom stereocenters. The van der Waals surface area contributed by atoms with Gasteiger partial charge >= 0.3 is 0 Å². The van der Waals surface area contributed by atoms with Crippen LogP contribution >= 0.6 is 0 Å². The number of hydrogen-bond donors (Lipinski definition) is 1. The van der Waals surface area contributed by atoms with Gasteiger partial charge in [-0.15, -0.1) is 0 Å². The third kappa shape index (κ3) is 1.62. The van der Waals surface area contributed by atoms with E-state index in [-0.39, 0.29) is 22.9 Å². The van der Waals surface area contributed by atoms with Crippen LogP contribution < -0.4 is 0 Å². The summed E-state index contributed by atoms with van der Waals surface area (Å²) >= 11 is 0.